The molecule has 1 N–H and O–H groups in total. The van der Waals surface area contributed by atoms with Crippen molar-refractivity contribution in [2.75, 3.05) is 36.6 Å². The highest BCUT2D eigenvalue weighted by Gasteiger charge is 2.11. The summed E-state index contributed by atoms with van der Waals surface area (Å²) in [6.45, 7) is 7.52. The summed E-state index contributed by atoms with van der Waals surface area (Å²) in [6.07, 6.45) is -0.261. The first-order valence-electron chi connectivity index (χ1n) is 7.53. The van der Waals surface area contributed by atoms with E-state index in [-0.39, 0.29) is 12.2 Å². The molecule has 0 aliphatic heterocycles. The summed E-state index contributed by atoms with van der Waals surface area (Å²) in [6, 6.07) is 7.42. The van der Waals surface area contributed by atoms with Crippen LogP contribution < -0.4 is 10.1 Å². The van der Waals surface area contributed by atoms with Crippen LogP contribution in [-0.2, 0) is 14.3 Å². The molecular weight excluding hydrogens is 302 g/mol. The fourth-order valence-electron chi connectivity index (χ4n) is 1.80. The molecule has 1 rings (SSSR count). The molecule has 0 saturated carbocycles. The molecule has 22 heavy (non-hydrogen) atoms. The first-order valence-corrected chi connectivity index (χ1v) is 8.69. The third-order valence-corrected chi connectivity index (χ3v) is 3.63. The monoisotopic (exact) mass is 327 g/mol. The van der Waals surface area contributed by atoms with E-state index < -0.39 is 0 Å². The van der Waals surface area contributed by atoms with Crippen LogP contribution in [0.4, 0.5) is 5.69 Å². The minimum atomic E-state index is -0.261. The van der Waals surface area contributed by atoms with Crippen LogP contribution >= 0.6 is 11.8 Å². The minimum absolute atomic E-state index is 0.0658. The Morgan fingerprint density at radius 2 is 1.82 bits per heavy atom. The third kappa shape index (κ3) is 7.15. The number of nitrogens with one attached hydrogen (secondary N) is 1. The second-order valence-electron chi connectivity index (χ2n) is 4.33. The van der Waals surface area contributed by atoms with Gasteiger partial charge < -0.3 is 19.5 Å². The van der Waals surface area contributed by atoms with Gasteiger partial charge in [-0.3, -0.25) is 4.79 Å². The second kappa shape index (κ2) is 11.3. The number of carbonyl (C=O) groups is 1. The van der Waals surface area contributed by atoms with Crippen LogP contribution in [0.3, 0.4) is 0 Å². The number of anilines is 1. The third-order valence-electron chi connectivity index (χ3n) is 2.65. The first-order chi connectivity index (χ1) is 10.7. The maximum absolute atomic E-state index is 12.0. The Bertz CT molecular complexity index is 436. The van der Waals surface area contributed by atoms with Crippen LogP contribution in [0.2, 0.25) is 0 Å². The Morgan fingerprint density at radius 1 is 1.14 bits per heavy atom. The van der Waals surface area contributed by atoms with Gasteiger partial charge in [0.15, 0.2) is 6.29 Å². The summed E-state index contributed by atoms with van der Waals surface area (Å²) in [4.78, 5) is 12.0. The highest BCUT2D eigenvalue weighted by molar-refractivity contribution is 8.00. The smallest absolute Gasteiger partial charge is 0.234 e. The van der Waals surface area contributed by atoms with E-state index in [0.717, 1.165) is 0 Å². The number of rotatable bonds is 11. The zero-order valence-corrected chi connectivity index (χ0v) is 14.3. The maximum Gasteiger partial charge on any atom is 0.234 e. The van der Waals surface area contributed by atoms with E-state index in [1.165, 1.54) is 11.8 Å². The van der Waals surface area contributed by atoms with Crippen LogP contribution in [-0.4, -0.2) is 43.5 Å². The normalized spacial score (nSPS) is 10.7. The molecular formula is C16H25NO4S. The lowest BCUT2D eigenvalue weighted by molar-refractivity contribution is -0.120. The molecule has 1 aromatic rings. The average molecular weight is 327 g/mol. The van der Waals surface area contributed by atoms with Crippen molar-refractivity contribution >= 4 is 23.4 Å². The summed E-state index contributed by atoms with van der Waals surface area (Å²) in [7, 11) is 0. The van der Waals surface area contributed by atoms with Crippen molar-refractivity contribution in [3.8, 4) is 5.75 Å². The van der Waals surface area contributed by atoms with Crippen LogP contribution in [0, 0.1) is 0 Å². The molecule has 0 aliphatic rings. The predicted octanol–water partition coefficient (Wildman–Crippen LogP) is 3.16. The lowest BCUT2D eigenvalue weighted by Crippen LogP contribution is -2.22. The van der Waals surface area contributed by atoms with Gasteiger partial charge in [-0.25, -0.2) is 0 Å². The number of ether oxygens (including phenoxy) is 3. The van der Waals surface area contributed by atoms with Crippen molar-refractivity contribution < 1.29 is 19.0 Å². The molecule has 0 radical (unpaired) electrons. The van der Waals surface area contributed by atoms with E-state index >= 15 is 0 Å². The molecule has 0 saturated heterocycles. The van der Waals surface area contributed by atoms with Crippen LogP contribution in [0.1, 0.15) is 20.8 Å². The average Bonchev–Trinajstić information content (AvgIpc) is 2.50. The molecule has 0 aliphatic carbocycles. The van der Waals surface area contributed by atoms with Crippen LogP contribution in [0.5, 0.6) is 5.75 Å². The number of para-hydroxylation sites is 2. The van der Waals surface area contributed by atoms with Crippen LogP contribution in [0.15, 0.2) is 24.3 Å². The molecule has 6 heteroatoms. The van der Waals surface area contributed by atoms with Gasteiger partial charge in [0.1, 0.15) is 5.75 Å². The molecule has 0 unspecified atom stereocenters. The van der Waals surface area contributed by atoms with E-state index in [9.17, 15) is 4.79 Å². The summed E-state index contributed by atoms with van der Waals surface area (Å²) in [5, 5.41) is 2.87. The molecule has 0 atom stereocenters. The number of thioether (sulfide) groups is 1. The van der Waals surface area contributed by atoms with E-state index in [0.29, 0.717) is 42.8 Å². The van der Waals surface area contributed by atoms with Gasteiger partial charge in [0, 0.05) is 19.0 Å². The van der Waals surface area contributed by atoms with Gasteiger partial charge in [-0.2, -0.15) is 0 Å². The van der Waals surface area contributed by atoms with Gasteiger partial charge >= 0.3 is 0 Å². The van der Waals surface area contributed by atoms with E-state index in [2.05, 4.69) is 5.32 Å². The molecule has 5 nitrogen and oxygen atoms in total. The largest absolute Gasteiger partial charge is 0.492 e. The molecule has 0 bridgehead atoms. The van der Waals surface area contributed by atoms with Gasteiger partial charge in [0.05, 0.1) is 18.0 Å². The lowest BCUT2D eigenvalue weighted by atomic mass is 10.3. The Morgan fingerprint density at radius 3 is 2.45 bits per heavy atom. The van der Waals surface area contributed by atoms with Crippen molar-refractivity contribution in [1.82, 2.24) is 0 Å². The quantitative estimate of drug-likeness (QED) is 0.633. The first kappa shape index (κ1) is 18.8. The summed E-state index contributed by atoms with van der Waals surface area (Å²) in [5.41, 5.74) is 0.695. The molecule has 0 fully saturated rings. The van der Waals surface area contributed by atoms with Crippen molar-refractivity contribution in [1.29, 1.82) is 0 Å². The number of amides is 1. The van der Waals surface area contributed by atoms with Gasteiger partial charge in [0.2, 0.25) is 5.91 Å². The fraction of sp³-hybridized carbons (Fsp3) is 0.562. The van der Waals surface area contributed by atoms with Crippen molar-refractivity contribution in [3.63, 3.8) is 0 Å². The molecule has 0 heterocycles. The minimum Gasteiger partial charge on any atom is -0.492 e. The molecule has 0 aromatic heterocycles. The summed E-state index contributed by atoms with van der Waals surface area (Å²) < 4.78 is 16.4. The van der Waals surface area contributed by atoms with Gasteiger partial charge in [-0.1, -0.05) is 12.1 Å². The standard InChI is InChI=1S/C16H25NO4S/c1-4-19-14-10-8-7-9-13(14)17-15(18)11-22-12-16(20-5-2)21-6-3/h7-10,16H,4-6,11-12H2,1-3H3,(H,17,18). The van der Waals surface area contributed by atoms with Gasteiger partial charge in [0.25, 0.3) is 0 Å². The molecule has 124 valence electrons. The number of hydrogen-bond donors (Lipinski definition) is 1. The molecule has 1 amide bonds. The zero-order chi connectivity index (χ0) is 16.2. The Labute approximate surface area is 136 Å². The lowest BCUT2D eigenvalue weighted by Gasteiger charge is -2.16. The van der Waals surface area contributed by atoms with Crippen molar-refractivity contribution in [2.24, 2.45) is 0 Å². The Hall–Kier alpha value is -1.24. The van der Waals surface area contributed by atoms with Gasteiger partial charge in [-0.15, -0.1) is 11.8 Å². The highest BCUT2D eigenvalue weighted by atomic mass is 32.2. The zero-order valence-electron chi connectivity index (χ0n) is 13.5. The summed E-state index contributed by atoms with van der Waals surface area (Å²) >= 11 is 1.48. The number of carbonyl (C=O) groups excluding carboxylic acids is 1. The maximum atomic E-state index is 12.0. The topological polar surface area (TPSA) is 56.8 Å². The SMILES string of the molecule is CCOc1ccccc1NC(=O)CSCC(OCC)OCC. The fourth-order valence-corrected chi connectivity index (χ4v) is 2.56. The number of benzene rings is 1. The Kier molecular flexibility index (Phi) is 9.70. The molecule has 1 aromatic carbocycles. The summed E-state index contributed by atoms with van der Waals surface area (Å²) in [5.74, 6) is 1.59. The van der Waals surface area contributed by atoms with E-state index in [1.54, 1.807) is 0 Å². The van der Waals surface area contributed by atoms with Crippen molar-refractivity contribution in [3.05, 3.63) is 24.3 Å². The van der Waals surface area contributed by atoms with Gasteiger partial charge in [-0.05, 0) is 32.9 Å². The van der Waals surface area contributed by atoms with Crippen LogP contribution in [0.25, 0.3) is 0 Å². The van der Waals surface area contributed by atoms with E-state index in [4.69, 9.17) is 14.2 Å². The molecule has 0 spiro atoms. The predicted molar refractivity (Wildman–Crippen MR) is 90.6 cm³/mol. The second-order valence-corrected chi connectivity index (χ2v) is 5.36. The highest BCUT2D eigenvalue weighted by Crippen LogP contribution is 2.23. The number of hydrogen-bond acceptors (Lipinski definition) is 5. The van der Waals surface area contributed by atoms with E-state index in [1.807, 2.05) is 45.0 Å². The van der Waals surface area contributed by atoms with Crippen molar-refractivity contribution in [2.45, 2.75) is 27.1 Å². The Balaban J connectivity index is 2.40.